The summed E-state index contributed by atoms with van der Waals surface area (Å²) in [6, 6.07) is 4.13. The highest BCUT2D eigenvalue weighted by molar-refractivity contribution is 7.16. The molecule has 0 spiro atoms. The van der Waals surface area contributed by atoms with Crippen molar-refractivity contribution in [3.63, 3.8) is 0 Å². The van der Waals surface area contributed by atoms with E-state index in [0.29, 0.717) is 12.6 Å². The highest BCUT2D eigenvalue weighted by Crippen LogP contribution is 2.22. The summed E-state index contributed by atoms with van der Waals surface area (Å²) in [5.41, 5.74) is 5.25. The predicted molar refractivity (Wildman–Crippen MR) is 55.4 cm³/mol. The second-order valence-electron chi connectivity index (χ2n) is 2.50. The largest absolute Gasteiger partial charge is 0.390 e. The van der Waals surface area contributed by atoms with Crippen LogP contribution in [0.5, 0.6) is 0 Å². The normalized spacial score (nSPS) is 10.4. The molecular weight excluding hydrogens is 224 g/mol. The second kappa shape index (κ2) is 3.85. The summed E-state index contributed by atoms with van der Waals surface area (Å²) in [5, 5.41) is 10.1. The zero-order valence-electron chi connectivity index (χ0n) is 7.03. The Hall–Kier alpha value is -1.27. The molecule has 0 aliphatic heterocycles. The molecule has 2 heterocycles. The van der Waals surface area contributed by atoms with Crippen molar-refractivity contribution in [3.8, 4) is 0 Å². The standard InChI is InChI=1S/C7H7ClN4OS/c8-5-2-1-4(14-5)3-10-7-12-11-6(9)13-7/h1-2H,3H2,(H2,9,11)(H,10,12). The van der Waals surface area contributed by atoms with Crippen molar-refractivity contribution in [2.45, 2.75) is 6.54 Å². The molecule has 2 aromatic rings. The average molecular weight is 231 g/mol. The summed E-state index contributed by atoms with van der Waals surface area (Å²) in [5.74, 6) is 0. The number of nitrogen functional groups attached to an aromatic ring is 1. The third kappa shape index (κ3) is 2.15. The van der Waals surface area contributed by atoms with Gasteiger partial charge in [0.05, 0.1) is 10.9 Å². The monoisotopic (exact) mass is 230 g/mol. The van der Waals surface area contributed by atoms with Crippen molar-refractivity contribution in [2.75, 3.05) is 11.1 Å². The van der Waals surface area contributed by atoms with Crippen LogP contribution in [0.4, 0.5) is 12.0 Å². The number of hydrogen-bond acceptors (Lipinski definition) is 6. The first kappa shape index (κ1) is 9.29. The molecule has 3 N–H and O–H groups in total. The summed E-state index contributed by atoms with van der Waals surface area (Å²) in [6.45, 7) is 0.596. The van der Waals surface area contributed by atoms with Crippen LogP contribution >= 0.6 is 22.9 Å². The molecule has 0 saturated carbocycles. The zero-order valence-corrected chi connectivity index (χ0v) is 8.60. The van der Waals surface area contributed by atoms with Gasteiger partial charge in [0.25, 0.3) is 0 Å². The maximum atomic E-state index is 5.77. The van der Waals surface area contributed by atoms with Crippen LogP contribution < -0.4 is 11.1 Å². The Kier molecular flexibility index (Phi) is 2.55. The number of rotatable bonds is 3. The van der Waals surface area contributed by atoms with E-state index in [9.17, 15) is 0 Å². The van der Waals surface area contributed by atoms with E-state index in [-0.39, 0.29) is 6.01 Å². The number of anilines is 2. The van der Waals surface area contributed by atoms with Crippen LogP contribution in [-0.2, 0) is 6.54 Å². The van der Waals surface area contributed by atoms with E-state index in [2.05, 4.69) is 15.5 Å². The number of nitrogens with zero attached hydrogens (tertiary/aromatic N) is 2. The number of halogens is 1. The van der Waals surface area contributed by atoms with E-state index in [1.807, 2.05) is 12.1 Å². The Morgan fingerprint density at radius 1 is 1.50 bits per heavy atom. The van der Waals surface area contributed by atoms with Gasteiger partial charge in [-0.1, -0.05) is 21.8 Å². The van der Waals surface area contributed by atoms with Gasteiger partial charge in [-0.15, -0.1) is 11.3 Å². The van der Waals surface area contributed by atoms with E-state index in [4.69, 9.17) is 21.8 Å². The van der Waals surface area contributed by atoms with Gasteiger partial charge >= 0.3 is 12.0 Å². The Bertz CT molecular complexity index is 387. The SMILES string of the molecule is Nc1nnc(NCc2ccc(Cl)s2)o1. The Balaban J connectivity index is 1.94. The zero-order chi connectivity index (χ0) is 9.97. The van der Waals surface area contributed by atoms with Gasteiger partial charge in [0.1, 0.15) is 0 Å². The van der Waals surface area contributed by atoms with E-state index in [1.54, 1.807) is 0 Å². The maximum absolute atomic E-state index is 5.77. The number of aromatic nitrogens is 2. The van der Waals surface area contributed by atoms with Crippen molar-refractivity contribution in [3.05, 3.63) is 21.3 Å². The van der Waals surface area contributed by atoms with Crippen LogP contribution in [0.1, 0.15) is 4.88 Å². The van der Waals surface area contributed by atoms with Crippen molar-refractivity contribution < 1.29 is 4.42 Å². The first-order chi connectivity index (χ1) is 6.74. The van der Waals surface area contributed by atoms with Gasteiger partial charge in [0.2, 0.25) is 0 Å². The molecule has 0 bridgehead atoms. The van der Waals surface area contributed by atoms with Gasteiger partial charge in [0.15, 0.2) is 0 Å². The van der Waals surface area contributed by atoms with E-state index in [1.165, 1.54) is 11.3 Å². The summed E-state index contributed by atoms with van der Waals surface area (Å²) in [7, 11) is 0. The first-order valence-corrected chi connectivity index (χ1v) is 5.00. The number of nitrogens with two attached hydrogens (primary N) is 1. The minimum atomic E-state index is 0.0525. The maximum Gasteiger partial charge on any atom is 0.317 e. The lowest BCUT2D eigenvalue weighted by Crippen LogP contribution is -1.97. The van der Waals surface area contributed by atoms with Crippen LogP contribution in [0.15, 0.2) is 16.5 Å². The molecule has 2 rings (SSSR count). The summed E-state index contributed by atoms with van der Waals surface area (Å²) < 4.78 is 5.68. The second-order valence-corrected chi connectivity index (χ2v) is 4.30. The molecule has 0 saturated heterocycles. The van der Waals surface area contributed by atoms with Crippen molar-refractivity contribution >= 4 is 35.0 Å². The van der Waals surface area contributed by atoms with Crippen LogP contribution in [0.2, 0.25) is 4.34 Å². The quantitative estimate of drug-likeness (QED) is 0.843. The van der Waals surface area contributed by atoms with Crippen molar-refractivity contribution in [1.29, 1.82) is 0 Å². The fourth-order valence-electron chi connectivity index (χ4n) is 0.915. The van der Waals surface area contributed by atoms with Gasteiger partial charge in [-0.25, -0.2) is 0 Å². The Labute approximate surface area is 88.9 Å². The molecule has 0 unspecified atom stereocenters. The van der Waals surface area contributed by atoms with Gasteiger partial charge in [-0.2, -0.15) is 0 Å². The third-order valence-corrected chi connectivity index (χ3v) is 2.71. The van der Waals surface area contributed by atoms with Gasteiger partial charge < -0.3 is 15.5 Å². The first-order valence-electron chi connectivity index (χ1n) is 3.81. The van der Waals surface area contributed by atoms with Gasteiger partial charge in [0, 0.05) is 4.88 Å². The molecular formula is C7H7ClN4OS. The van der Waals surface area contributed by atoms with Crippen LogP contribution in [0.25, 0.3) is 0 Å². The molecule has 14 heavy (non-hydrogen) atoms. The average Bonchev–Trinajstić information content (AvgIpc) is 2.72. The van der Waals surface area contributed by atoms with Crippen molar-refractivity contribution in [2.24, 2.45) is 0 Å². The minimum Gasteiger partial charge on any atom is -0.390 e. The van der Waals surface area contributed by atoms with Crippen LogP contribution in [0, 0.1) is 0 Å². The molecule has 0 fully saturated rings. The fraction of sp³-hybridized carbons (Fsp3) is 0.143. The number of thiophene rings is 1. The Morgan fingerprint density at radius 3 is 2.93 bits per heavy atom. The van der Waals surface area contributed by atoms with E-state index < -0.39 is 0 Å². The van der Waals surface area contributed by atoms with E-state index in [0.717, 1.165) is 9.21 Å². The van der Waals surface area contributed by atoms with Crippen LogP contribution in [0.3, 0.4) is 0 Å². The molecule has 74 valence electrons. The van der Waals surface area contributed by atoms with Gasteiger partial charge in [-0.3, -0.25) is 0 Å². The fourth-order valence-corrected chi connectivity index (χ4v) is 1.94. The molecule has 5 nitrogen and oxygen atoms in total. The minimum absolute atomic E-state index is 0.0525. The summed E-state index contributed by atoms with van der Waals surface area (Å²) >= 11 is 7.26. The molecule has 0 aliphatic carbocycles. The summed E-state index contributed by atoms with van der Waals surface area (Å²) in [6.07, 6.45) is 0. The van der Waals surface area contributed by atoms with Crippen LogP contribution in [-0.4, -0.2) is 10.2 Å². The number of hydrogen-bond donors (Lipinski definition) is 2. The molecule has 0 aromatic carbocycles. The molecule has 0 amide bonds. The predicted octanol–water partition coefficient (Wildman–Crippen LogP) is 1.98. The van der Waals surface area contributed by atoms with Gasteiger partial charge in [-0.05, 0) is 12.1 Å². The molecule has 0 aliphatic rings. The van der Waals surface area contributed by atoms with E-state index >= 15 is 0 Å². The highest BCUT2D eigenvalue weighted by Gasteiger charge is 2.02. The lowest BCUT2D eigenvalue weighted by Gasteiger charge is -1.96. The molecule has 0 radical (unpaired) electrons. The molecule has 0 atom stereocenters. The topological polar surface area (TPSA) is 77.0 Å². The number of nitrogens with one attached hydrogen (secondary N) is 1. The smallest absolute Gasteiger partial charge is 0.317 e. The lowest BCUT2D eigenvalue weighted by molar-refractivity contribution is 0.586. The Morgan fingerprint density at radius 2 is 2.36 bits per heavy atom. The molecule has 7 heteroatoms. The molecule has 2 aromatic heterocycles. The lowest BCUT2D eigenvalue weighted by atomic mass is 10.5. The van der Waals surface area contributed by atoms with Crippen molar-refractivity contribution in [1.82, 2.24) is 10.2 Å². The third-order valence-electron chi connectivity index (χ3n) is 1.48. The highest BCUT2D eigenvalue weighted by atomic mass is 35.5. The summed E-state index contributed by atoms with van der Waals surface area (Å²) in [4.78, 5) is 1.09.